The molecule has 118 valence electrons. The topological polar surface area (TPSA) is 50.1 Å². The lowest BCUT2D eigenvalue weighted by molar-refractivity contribution is 0.0982. The highest BCUT2D eigenvalue weighted by atomic mass is 35.5. The van der Waals surface area contributed by atoms with Crippen LogP contribution in [0.3, 0.4) is 0 Å². The van der Waals surface area contributed by atoms with E-state index in [4.69, 9.17) is 16.3 Å². The molecule has 0 aromatic heterocycles. The fourth-order valence-electron chi connectivity index (χ4n) is 2.37. The highest BCUT2D eigenvalue weighted by Gasteiger charge is 2.14. The van der Waals surface area contributed by atoms with Crippen molar-refractivity contribution in [2.45, 2.75) is 18.8 Å². The molecule has 2 aromatic rings. The standard InChI is InChI=1S/C19H18ClNO2/c1-23-17-10-8-15(9-11-17)18(13-21)14-4-6-16(7-5-14)19(22)3-2-12-20/h4-11,18H,2-3,12H2,1H3/t18-/m1/s1. The Morgan fingerprint density at radius 1 is 1.13 bits per heavy atom. The van der Waals surface area contributed by atoms with E-state index >= 15 is 0 Å². The molecule has 1 atom stereocenters. The third kappa shape index (κ3) is 4.34. The lowest BCUT2D eigenvalue weighted by Gasteiger charge is -2.11. The molecular formula is C19H18ClNO2. The number of Topliss-reactive ketones (excluding diaryl/α,β-unsaturated/α-hetero) is 1. The second-order valence-electron chi connectivity index (χ2n) is 5.17. The Kier molecular flexibility index (Phi) is 6.19. The van der Waals surface area contributed by atoms with Gasteiger partial charge in [0.25, 0.3) is 0 Å². The Morgan fingerprint density at radius 2 is 1.70 bits per heavy atom. The number of benzene rings is 2. The van der Waals surface area contributed by atoms with Crippen LogP contribution in [0.25, 0.3) is 0 Å². The number of nitriles is 1. The third-order valence-electron chi connectivity index (χ3n) is 3.68. The zero-order valence-electron chi connectivity index (χ0n) is 13.0. The summed E-state index contributed by atoms with van der Waals surface area (Å²) in [7, 11) is 1.61. The van der Waals surface area contributed by atoms with Crippen molar-refractivity contribution < 1.29 is 9.53 Å². The highest BCUT2D eigenvalue weighted by molar-refractivity contribution is 6.18. The van der Waals surface area contributed by atoms with Crippen LogP contribution in [-0.2, 0) is 0 Å². The monoisotopic (exact) mass is 327 g/mol. The molecule has 0 aliphatic heterocycles. The molecule has 0 saturated carbocycles. The van der Waals surface area contributed by atoms with Crippen LogP contribution in [0.2, 0.25) is 0 Å². The second-order valence-corrected chi connectivity index (χ2v) is 5.55. The van der Waals surface area contributed by atoms with Crippen LogP contribution in [0.1, 0.15) is 40.2 Å². The number of ether oxygens (including phenoxy) is 1. The number of hydrogen-bond donors (Lipinski definition) is 0. The molecule has 0 aliphatic carbocycles. The molecule has 0 N–H and O–H groups in total. The summed E-state index contributed by atoms with van der Waals surface area (Å²) < 4.78 is 5.13. The van der Waals surface area contributed by atoms with Gasteiger partial charge < -0.3 is 4.74 Å². The van der Waals surface area contributed by atoms with E-state index < -0.39 is 0 Å². The van der Waals surface area contributed by atoms with Gasteiger partial charge in [-0.25, -0.2) is 0 Å². The van der Waals surface area contributed by atoms with E-state index in [1.807, 2.05) is 36.4 Å². The number of nitrogens with zero attached hydrogens (tertiary/aromatic N) is 1. The summed E-state index contributed by atoms with van der Waals surface area (Å²) in [6, 6.07) is 17.0. The Labute approximate surface area is 141 Å². The maximum absolute atomic E-state index is 12.0. The largest absolute Gasteiger partial charge is 0.497 e. The van der Waals surface area contributed by atoms with Crippen molar-refractivity contribution in [3.63, 3.8) is 0 Å². The van der Waals surface area contributed by atoms with E-state index in [9.17, 15) is 10.1 Å². The summed E-state index contributed by atoms with van der Waals surface area (Å²) in [4.78, 5) is 12.0. The summed E-state index contributed by atoms with van der Waals surface area (Å²) in [5, 5.41) is 9.49. The fourth-order valence-corrected chi connectivity index (χ4v) is 2.50. The number of methoxy groups -OCH3 is 1. The first kappa shape index (κ1) is 17.1. The summed E-state index contributed by atoms with van der Waals surface area (Å²) in [6.45, 7) is 0. The number of alkyl halides is 1. The number of carbonyl (C=O) groups excluding carboxylic acids is 1. The molecule has 3 nitrogen and oxygen atoms in total. The van der Waals surface area contributed by atoms with E-state index in [1.165, 1.54) is 0 Å². The average Bonchev–Trinajstić information content (AvgIpc) is 2.61. The average molecular weight is 328 g/mol. The maximum Gasteiger partial charge on any atom is 0.162 e. The normalized spacial score (nSPS) is 11.5. The Balaban J connectivity index is 2.18. The molecule has 0 radical (unpaired) electrons. The van der Waals surface area contributed by atoms with Crippen LogP contribution in [0.5, 0.6) is 5.75 Å². The van der Waals surface area contributed by atoms with Crippen LogP contribution in [-0.4, -0.2) is 18.8 Å². The van der Waals surface area contributed by atoms with Gasteiger partial charge in [-0.2, -0.15) is 5.26 Å². The molecular weight excluding hydrogens is 310 g/mol. The summed E-state index contributed by atoms with van der Waals surface area (Å²) in [5.74, 6) is 0.950. The van der Waals surface area contributed by atoms with Gasteiger partial charge in [0.2, 0.25) is 0 Å². The van der Waals surface area contributed by atoms with Crippen LogP contribution >= 0.6 is 11.6 Å². The van der Waals surface area contributed by atoms with E-state index in [0.717, 1.165) is 16.9 Å². The Bertz CT molecular complexity index is 687. The molecule has 0 unspecified atom stereocenters. The van der Waals surface area contributed by atoms with E-state index in [-0.39, 0.29) is 11.7 Å². The van der Waals surface area contributed by atoms with Crippen LogP contribution < -0.4 is 4.74 Å². The fraction of sp³-hybridized carbons (Fsp3) is 0.263. The van der Waals surface area contributed by atoms with Crippen molar-refractivity contribution in [1.29, 1.82) is 5.26 Å². The van der Waals surface area contributed by atoms with Gasteiger partial charge in [0.15, 0.2) is 5.78 Å². The molecule has 0 aliphatic rings. The minimum Gasteiger partial charge on any atom is -0.497 e. The van der Waals surface area contributed by atoms with Gasteiger partial charge in [0.05, 0.1) is 19.1 Å². The molecule has 4 heteroatoms. The van der Waals surface area contributed by atoms with Gasteiger partial charge in [-0.3, -0.25) is 4.79 Å². The second kappa shape index (κ2) is 8.36. The van der Waals surface area contributed by atoms with Crippen molar-refractivity contribution >= 4 is 17.4 Å². The smallest absolute Gasteiger partial charge is 0.162 e. The minimum atomic E-state index is -0.368. The number of carbonyl (C=O) groups is 1. The number of hydrogen-bond acceptors (Lipinski definition) is 3. The highest BCUT2D eigenvalue weighted by Crippen LogP contribution is 2.26. The predicted molar refractivity (Wildman–Crippen MR) is 91.2 cm³/mol. The number of rotatable bonds is 7. The van der Waals surface area contributed by atoms with Gasteiger partial charge in [0, 0.05) is 17.9 Å². The summed E-state index contributed by atoms with van der Waals surface area (Å²) in [6.07, 6.45) is 1.12. The molecule has 0 saturated heterocycles. The van der Waals surface area contributed by atoms with Crippen molar-refractivity contribution in [3.05, 3.63) is 65.2 Å². The van der Waals surface area contributed by atoms with Crippen LogP contribution in [0.15, 0.2) is 48.5 Å². The van der Waals surface area contributed by atoms with Gasteiger partial charge in [-0.1, -0.05) is 36.4 Å². The Hall–Kier alpha value is -2.31. The van der Waals surface area contributed by atoms with Crippen molar-refractivity contribution in [2.75, 3.05) is 13.0 Å². The van der Waals surface area contributed by atoms with E-state index in [1.54, 1.807) is 19.2 Å². The summed E-state index contributed by atoms with van der Waals surface area (Å²) in [5.41, 5.74) is 2.42. The first-order valence-electron chi connectivity index (χ1n) is 7.42. The van der Waals surface area contributed by atoms with Gasteiger partial charge >= 0.3 is 0 Å². The minimum absolute atomic E-state index is 0.0788. The zero-order valence-corrected chi connectivity index (χ0v) is 13.7. The maximum atomic E-state index is 12.0. The molecule has 0 spiro atoms. The lowest BCUT2D eigenvalue weighted by atomic mass is 9.91. The first-order valence-corrected chi connectivity index (χ1v) is 7.95. The third-order valence-corrected chi connectivity index (χ3v) is 3.95. The van der Waals surface area contributed by atoms with Gasteiger partial charge in [-0.15, -0.1) is 11.6 Å². The van der Waals surface area contributed by atoms with E-state index in [2.05, 4.69) is 6.07 Å². The first-order chi connectivity index (χ1) is 11.2. The summed E-state index contributed by atoms with van der Waals surface area (Å²) >= 11 is 5.61. The lowest BCUT2D eigenvalue weighted by Crippen LogP contribution is -2.02. The molecule has 0 fully saturated rings. The molecule has 0 heterocycles. The Morgan fingerprint density at radius 3 is 2.17 bits per heavy atom. The number of halogens is 1. The molecule has 0 bridgehead atoms. The van der Waals surface area contributed by atoms with Gasteiger partial charge in [-0.05, 0) is 29.7 Å². The molecule has 23 heavy (non-hydrogen) atoms. The van der Waals surface area contributed by atoms with Gasteiger partial charge in [0.1, 0.15) is 5.75 Å². The van der Waals surface area contributed by atoms with E-state index in [0.29, 0.717) is 24.3 Å². The van der Waals surface area contributed by atoms with Crippen molar-refractivity contribution in [2.24, 2.45) is 0 Å². The molecule has 2 aromatic carbocycles. The SMILES string of the molecule is COc1ccc([C@H](C#N)c2ccc(C(=O)CCCCl)cc2)cc1. The molecule has 0 amide bonds. The van der Waals surface area contributed by atoms with Crippen LogP contribution in [0, 0.1) is 11.3 Å². The van der Waals surface area contributed by atoms with Crippen LogP contribution in [0.4, 0.5) is 0 Å². The predicted octanol–water partition coefficient (Wildman–Crippen LogP) is 4.55. The van der Waals surface area contributed by atoms with Crippen molar-refractivity contribution in [1.82, 2.24) is 0 Å². The quantitative estimate of drug-likeness (QED) is 0.553. The zero-order chi connectivity index (χ0) is 16.7. The number of ketones is 1. The molecule has 2 rings (SSSR count). The van der Waals surface area contributed by atoms with Crippen molar-refractivity contribution in [3.8, 4) is 11.8 Å².